The van der Waals surface area contributed by atoms with Crippen molar-refractivity contribution in [2.45, 2.75) is 31.9 Å². The monoisotopic (exact) mass is 443 g/mol. The lowest BCUT2D eigenvalue weighted by atomic mass is 9.94. The van der Waals surface area contributed by atoms with Crippen LogP contribution in [-0.2, 0) is 20.7 Å². The number of carboxylic acid groups (broad SMARTS) is 1. The number of cyclic esters (lactones) is 1. The van der Waals surface area contributed by atoms with Crippen LogP contribution in [0.3, 0.4) is 0 Å². The fourth-order valence-corrected chi connectivity index (χ4v) is 3.90. The van der Waals surface area contributed by atoms with Crippen LogP contribution >= 0.6 is 11.8 Å². The van der Waals surface area contributed by atoms with Crippen LogP contribution in [-0.4, -0.2) is 47.6 Å². The van der Waals surface area contributed by atoms with Crippen LogP contribution in [0.1, 0.15) is 39.6 Å². The van der Waals surface area contributed by atoms with Crippen molar-refractivity contribution in [3.05, 3.63) is 64.7 Å². The maximum atomic E-state index is 12.3. The first-order valence-corrected chi connectivity index (χ1v) is 11.3. The fraction of sp³-hybridized carbons (Fsp3) is 0.348. The summed E-state index contributed by atoms with van der Waals surface area (Å²) in [7, 11) is 0. The molecule has 1 aliphatic heterocycles. The molecule has 1 amide bonds. The third kappa shape index (κ3) is 5.79. The SMILES string of the molecule is CSCC[C@H](NC(=O)COc1ccc([C@@H]2Cc3ccccc3C(=O)O2)cc1C)C(=O)O. The first-order chi connectivity index (χ1) is 14.9. The molecule has 0 saturated carbocycles. The van der Waals surface area contributed by atoms with Gasteiger partial charge in [-0.1, -0.05) is 24.3 Å². The number of hydrogen-bond acceptors (Lipinski definition) is 6. The molecule has 31 heavy (non-hydrogen) atoms. The number of carboxylic acids is 1. The van der Waals surface area contributed by atoms with Crippen LogP contribution in [0.15, 0.2) is 42.5 Å². The minimum absolute atomic E-state index is 0.283. The van der Waals surface area contributed by atoms with Gasteiger partial charge in [-0.2, -0.15) is 11.8 Å². The Kier molecular flexibility index (Phi) is 7.57. The molecule has 1 heterocycles. The van der Waals surface area contributed by atoms with Crippen molar-refractivity contribution in [2.24, 2.45) is 0 Å². The number of hydrogen-bond donors (Lipinski definition) is 2. The highest BCUT2D eigenvalue weighted by Gasteiger charge is 2.27. The van der Waals surface area contributed by atoms with Gasteiger partial charge in [0.25, 0.3) is 5.91 Å². The molecule has 0 unspecified atom stereocenters. The minimum atomic E-state index is -1.06. The van der Waals surface area contributed by atoms with Gasteiger partial charge in [-0.05, 0) is 60.2 Å². The number of nitrogens with one attached hydrogen (secondary N) is 1. The second kappa shape index (κ2) is 10.3. The average molecular weight is 444 g/mol. The zero-order valence-electron chi connectivity index (χ0n) is 17.4. The van der Waals surface area contributed by atoms with E-state index in [0.29, 0.717) is 29.9 Å². The summed E-state index contributed by atoms with van der Waals surface area (Å²) in [5.74, 6) is -0.746. The van der Waals surface area contributed by atoms with Crippen molar-refractivity contribution in [1.82, 2.24) is 5.32 Å². The van der Waals surface area contributed by atoms with Gasteiger partial charge in [-0.3, -0.25) is 4.79 Å². The molecular formula is C23H25NO6S. The molecule has 2 atom stereocenters. The van der Waals surface area contributed by atoms with E-state index in [4.69, 9.17) is 9.47 Å². The minimum Gasteiger partial charge on any atom is -0.484 e. The lowest BCUT2D eigenvalue weighted by Crippen LogP contribution is -2.43. The molecule has 0 saturated heterocycles. The Hall–Kier alpha value is -3.00. The van der Waals surface area contributed by atoms with Crippen LogP contribution in [0.5, 0.6) is 5.75 Å². The van der Waals surface area contributed by atoms with Crippen LogP contribution in [0.25, 0.3) is 0 Å². The van der Waals surface area contributed by atoms with Gasteiger partial charge >= 0.3 is 11.9 Å². The summed E-state index contributed by atoms with van der Waals surface area (Å²) in [6, 6.07) is 11.9. The predicted molar refractivity (Wildman–Crippen MR) is 118 cm³/mol. The molecule has 0 aliphatic carbocycles. The smallest absolute Gasteiger partial charge is 0.339 e. The number of aliphatic carboxylic acids is 1. The molecule has 0 aromatic heterocycles. The maximum absolute atomic E-state index is 12.3. The summed E-state index contributed by atoms with van der Waals surface area (Å²) in [4.78, 5) is 35.6. The number of amides is 1. The third-order valence-corrected chi connectivity index (χ3v) is 5.71. The Labute approximate surface area is 185 Å². The summed E-state index contributed by atoms with van der Waals surface area (Å²) in [6.07, 6.45) is 2.44. The van der Waals surface area contributed by atoms with Gasteiger partial charge in [0, 0.05) is 6.42 Å². The third-order valence-electron chi connectivity index (χ3n) is 5.07. The summed E-state index contributed by atoms with van der Waals surface area (Å²) < 4.78 is 11.2. The number of ether oxygens (including phenoxy) is 2. The highest BCUT2D eigenvalue weighted by molar-refractivity contribution is 7.98. The van der Waals surface area contributed by atoms with E-state index in [9.17, 15) is 19.5 Å². The quantitative estimate of drug-likeness (QED) is 0.574. The van der Waals surface area contributed by atoms with Gasteiger partial charge in [0.05, 0.1) is 5.56 Å². The first kappa shape index (κ1) is 22.7. The second-order valence-corrected chi connectivity index (χ2v) is 8.29. The molecule has 3 rings (SSSR count). The Balaban J connectivity index is 1.60. The maximum Gasteiger partial charge on any atom is 0.339 e. The highest BCUT2D eigenvalue weighted by Crippen LogP contribution is 2.32. The van der Waals surface area contributed by atoms with Crippen LogP contribution in [0.4, 0.5) is 0 Å². The van der Waals surface area contributed by atoms with Crippen molar-refractivity contribution >= 4 is 29.6 Å². The molecule has 8 heteroatoms. The standard InChI is InChI=1S/C23H25NO6S/c1-14-11-16(20-12-15-5-3-4-6-17(15)23(28)30-20)7-8-19(14)29-13-21(25)24-18(22(26)27)9-10-31-2/h3-8,11,18,20H,9-10,12-13H2,1-2H3,(H,24,25)(H,26,27)/t18-,20-/m0/s1. The summed E-state index contributed by atoms with van der Waals surface area (Å²) in [6.45, 7) is 1.56. The number of rotatable bonds is 9. The van der Waals surface area contributed by atoms with E-state index in [1.54, 1.807) is 12.1 Å². The van der Waals surface area contributed by atoms with Gasteiger partial charge in [-0.25, -0.2) is 9.59 Å². The summed E-state index contributed by atoms with van der Waals surface area (Å²) in [5.41, 5.74) is 3.18. The Bertz CT molecular complexity index is 976. The zero-order chi connectivity index (χ0) is 22.4. The van der Waals surface area contributed by atoms with Crippen molar-refractivity contribution in [2.75, 3.05) is 18.6 Å². The van der Waals surface area contributed by atoms with Gasteiger partial charge in [0.1, 0.15) is 17.9 Å². The molecule has 164 valence electrons. The Morgan fingerprint density at radius 3 is 2.77 bits per heavy atom. The number of carbonyl (C=O) groups excluding carboxylic acids is 2. The van der Waals surface area contributed by atoms with Gasteiger partial charge in [0.2, 0.25) is 0 Å². The lowest BCUT2D eigenvalue weighted by Gasteiger charge is -2.25. The molecule has 2 N–H and O–H groups in total. The summed E-state index contributed by atoms with van der Waals surface area (Å²) in [5, 5.41) is 11.7. The van der Waals surface area contributed by atoms with Gasteiger partial charge in [0.15, 0.2) is 6.61 Å². The van der Waals surface area contributed by atoms with E-state index < -0.39 is 17.9 Å². The number of esters is 1. The Morgan fingerprint density at radius 1 is 1.29 bits per heavy atom. The number of aryl methyl sites for hydroxylation is 1. The van der Waals surface area contributed by atoms with E-state index >= 15 is 0 Å². The largest absolute Gasteiger partial charge is 0.484 e. The zero-order valence-corrected chi connectivity index (χ0v) is 18.2. The van der Waals surface area contributed by atoms with Gasteiger partial charge in [-0.15, -0.1) is 0 Å². The predicted octanol–water partition coefficient (Wildman–Crippen LogP) is 3.15. The molecule has 2 aromatic rings. The highest BCUT2D eigenvalue weighted by atomic mass is 32.2. The van der Waals surface area contributed by atoms with E-state index in [1.807, 2.05) is 43.5 Å². The van der Waals surface area contributed by atoms with Crippen molar-refractivity contribution in [3.63, 3.8) is 0 Å². The fourth-order valence-electron chi connectivity index (χ4n) is 3.42. The molecular weight excluding hydrogens is 418 g/mol. The molecule has 0 radical (unpaired) electrons. The number of carbonyl (C=O) groups is 3. The van der Waals surface area contributed by atoms with Crippen molar-refractivity contribution in [1.29, 1.82) is 0 Å². The molecule has 1 aliphatic rings. The Morgan fingerprint density at radius 2 is 2.06 bits per heavy atom. The average Bonchev–Trinajstić information content (AvgIpc) is 2.75. The number of thioether (sulfide) groups is 1. The molecule has 2 aromatic carbocycles. The molecule has 0 bridgehead atoms. The molecule has 0 spiro atoms. The normalized spacial score (nSPS) is 16.1. The van der Waals surface area contributed by atoms with Crippen molar-refractivity contribution in [3.8, 4) is 5.75 Å². The van der Waals surface area contributed by atoms with Gasteiger partial charge < -0.3 is 19.9 Å². The second-order valence-electron chi connectivity index (χ2n) is 7.31. The van der Waals surface area contributed by atoms with Crippen molar-refractivity contribution < 1.29 is 29.0 Å². The topological polar surface area (TPSA) is 102 Å². The van der Waals surface area contributed by atoms with E-state index in [-0.39, 0.29) is 18.7 Å². The van der Waals surface area contributed by atoms with E-state index in [1.165, 1.54) is 11.8 Å². The number of fused-ring (bicyclic) bond motifs is 1. The van der Waals surface area contributed by atoms with Crippen LogP contribution in [0.2, 0.25) is 0 Å². The lowest BCUT2D eigenvalue weighted by molar-refractivity contribution is -0.142. The first-order valence-electron chi connectivity index (χ1n) is 9.92. The molecule has 7 nitrogen and oxygen atoms in total. The van der Waals surface area contributed by atoms with E-state index in [0.717, 1.165) is 16.7 Å². The van der Waals surface area contributed by atoms with Crippen LogP contribution in [0, 0.1) is 6.92 Å². The van der Waals surface area contributed by atoms with Crippen LogP contribution < -0.4 is 10.1 Å². The van der Waals surface area contributed by atoms with E-state index in [2.05, 4.69) is 5.32 Å². The summed E-state index contributed by atoms with van der Waals surface area (Å²) >= 11 is 1.52. The molecule has 0 fully saturated rings. The number of benzene rings is 2.